The van der Waals surface area contributed by atoms with Gasteiger partial charge in [-0.3, -0.25) is 9.59 Å². The average molecular weight is 615 g/mol. The number of hydrogen-bond donors (Lipinski definition) is 1. The van der Waals surface area contributed by atoms with Crippen LogP contribution in [0.3, 0.4) is 0 Å². The van der Waals surface area contributed by atoms with Crippen molar-refractivity contribution in [3.63, 3.8) is 0 Å². The molecule has 4 rings (SSSR count). The molecule has 0 radical (unpaired) electrons. The third-order valence-corrected chi connectivity index (χ3v) is 7.51. The fourth-order valence-electron chi connectivity index (χ4n) is 4.68. The number of carbonyl (C=O) groups is 2. The maximum Gasteiger partial charge on any atom is 0.311 e. The van der Waals surface area contributed by atoms with E-state index >= 15 is 0 Å². The molecule has 9 heteroatoms. The number of nitrogens with one attached hydrogen (secondary N) is 1. The van der Waals surface area contributed by atoms with Crippen LogP contribution in [0.15, 0.2) is 59.1 Å². The smallest absolute Gasteiger partial charge is 0.311 e. The molecule has 1 saturated heterocycles. The van der Waals surface area contributed by atoms with Crippen molar-refractivity contribution in [2.45, 2.75) is 33.5 Å². The van der Waals surface area contributed by atoms with Crippen molar-refractivity contribution in [1.82, 2.24) is 10.2 Å². The lowest BCUT2D eigenvalue weighted by molar-refractivity contribution is -0.145. The van der Waals surface area contributed by atoms with Gasteiger partial charge in [0.2, 0.25) is 0 Å². The number of halogens is 2. The van der Waals surface area contributed by atoms with E-state index in [0.29, 0.717) is 31.4 Å². The van der Waals surface area contributed by atoms with Gasteiger partial charge in [-0.15, -0.1) is 0 Å². The summed E-state index contributed by atoms with van der Waals surface area (Å²) in [6, 6.07) is 17.5. The molecule has 1 heterocycles. The molecule has 0 bridgehead atoms. The highest BCUT2D eigenvalue weighted by Crippen LogP contribution is 2.28. The quantitative estimate of drug-likeness (QED) is 0.344. The van der Waals surface area contributed by atoms with Gasteiger partial charge in [0.25, 0.3) is 0 Å². The number of carbonyl (C=O) groups excluding carboxylic acids is 2. The van der Waals surface area contributed by atoms with Crippen LogP contribution >= 0.6 is 27.5 Å². The highest BCUT2D eigenvalue weighted by Gasteiger charge is 2.21. The van der Waals surface area contributed by atoms with Crippen molar-refractivity contribution in [3.8, 4) is 5.75 Å². The largest absolute Gasteiger partial charge is 0.488 e. The van der Waals surface area contributed by atoms with E-state index in [2.05, 4.69) is 26.1 Å². The lowest BCUT2D eigenvalue weighted by Gasteiger charge is -2.31. The molecule has 0 unspecified atom stereocenters. The number of ether oxygens (including phenoxy) is 2. The molecule has 7 nitrogen and oxygen atoms in total. The Morgan fingerprint density at radius 1 is 1.05 bits per heavy atom. The molecule has 39 heavy (non-hydrogen) atoms. The fourth-order valence-corrected chi connectivity index (χ4v) is 5.22. The summed E-state index contributed by atoms with van der Waals surface area (Å²) in [5, 5.41) is 3.47. The molecule has 0 aliphatic carbocycles. The lowest BCUT2D eigenvalue weighted by atomic mass is 10.1. The maximum absolute atomic E-state index is 12.9. The molecule has 2 amide bonds. The van der Waals surface area contributed by atoms with Gasteiger partial charge in [-0.2, -0.15) is 0 Å². The first-order valence-electron chi connectivity index (χ1n) is 12.8. The number of likely N-dealkylation sites (N-methyl/N-ethyl adjacent to an activating group) is 1. The van der Waals surface area contributed by atoms with Crippen LogP contribution in [0, 0.1) is 13.8 Å². The number of aryl methyl sites for hydroxylation is 2. The molecule has 1 aliphatic rings. The molecule has 0 atom stereocenters. The van der Waals surface area contributed by atoms with Gasteiger partial charge in [0, 0.05) is 54.0 Å². The van der Waals surface area contributed by atoms with Gasteiger partial charge in [0.05, 0.1) is 13.2 Å². The van der Waals surface area contributed by atoms with Gasteiger partial charge < -0.3 is 24.6 Å². The predicted molar refractivity (Wildman–Crippen MR) is 157 cm³/mol. The lowest BCUT2D eigenvalue weighted by Crippen LogP contribution is -2.41. The summed E-state index contributed by atoms with van der Waals surface area (Å²) in [5.74, 6) is -0.438. The molecule has 0 saturated carbocycles. The van der Waals surface area contributed by atoms with Crippen molar-refractivity contribution in [1.29, 1.82) is 0 Å². The fraction of sp³-hybridized carbons (Fsp3) is 0.333. The first-order chi connectivity index (χ1) is 18.7. The van der Waals surface area contributed by atoms with Crippen LogP contribution < -0.4 is 15.0 Å². The van der Waals surface area contributed by atoms with Gasteiger partial charge in [0.1, 0.15) is 12.4 Å². The SMILES string of the molecule is Cc1cc(CN(C)C(=O)C(=O)NCc2ccc(Br)cc2N2CCOCC2)cc(C)c1OCc1ccccc1Cl. The highest BCUT2D eigenvalue weighted by molar-refractivity contribution is 9.10. The Hall–Kier alpha value is -3.07. The van der Waals surface area contributed by atoms with Crippen molar-refractivity contribution in [2.24, 2.45) is 0 Å². The second-order valence-electron chi connectivity index (χ2n) is 9.66. The van der Waals surface area contributed by atoms with E-state index in [0.717, 1.165) is 56.8 Å². The molecule has 0 spiro atoms. The predicted octanol–water partition coefficient (Wildman–Crippen LogP) is 5.41. The number of hydrogen-bond acceptors (Lipinski definition) is 5. The zero-order valence-electron chi connectivity index (χ0n) is 22.4. The van der Waals surface area contributed by atoms with Gasteiger partial charge in [-0.25, -0.2) is 0 Å². The van der Waals surface area contributed by atoms with E-state index in [-0.39, 0.29) is 6.54 Å². The molecule has 3 aromatic rings. The van der Waals surface area contributed by atoms with Crippen LogP contribution in [-0.2, 0) is 34.0 Å². The first kappa shape index (κ1) is 28.9. The second-order valence-corrected chi connectivity index (χ2v) is 11.0. The minimum absolute atomic E-state index is 0.258. The number of nitrogens with zero attached hydrogens (tertiary/aromatic N) is 2. The topological polar surface area (TPSA) is 71.1 Å². The monoisotopic (exact) mass is 613 g/mol. The minimum Gasteiger partial charge on any atom is -0.488 e. The van der Waals surface area contributed by atoms with Gasteiger partial charge >= 0.3 is 11.8 Å². The number of rotatable bonds is 8. The van der Waals surface area contributed by atoms with Crippen LogP contribution in [0.1, 0.15) is 27.8 Å². The summed E-state index contributed by atoms with van der Waals surface area (Å²) in [4.78, 5) is 29.3. The van der Waals surface area contributed by atoms with Crippen molar-refractivity contribution >= 4 is 45.0 Å². The normalized spacial score (nSPS) is 13.2. The van der Waals surface area contributed by atoms with E-state index in [9.17, 15) is 9.59 Å². The molecular formula is C30H33BrClN3O4. The summed E-state index contributed by atoms with van der Waals surface area (Å²) >= 11 is 9.79. The number of benzene rings is 3. The maximum atomic E-state index is 12.9. The second kappa shape index (κ2) is 13.3. The van der Waals surface area contributed by atoms with Gasteiger partial charge in [0.15, 0.2) is 0 Å². The Morgan fingerprint density at radius 3 is 2.44 bits per heavy atom. The molecular weight excluding hydrogens is 582 g/mol. The van der Waals surface area contributed by atoms with E-state index in [1.54, 1.807) is 7.05 Å². The molecule has 1 fully saturated rings. The van der Waals surface area contributed by atoms with E-state index in [4.69, 9.17) is 21.1 Å². The van der Waals surface area contributed by atoms with Crippen molar-refractivity contribution < 1.29 is 19.1 Å². The molecule has 1 N–H and O–H groups in total. The Bertz CT molecular complexity index is 1320. The summed E-state index contributed by atoms with van der Waals surface area (Å²) in [6.07, 6.45) is 0. The third-order valence-electron chi connectivity index (χ3n) is 6.65. The summed E-state index contributed by atoms with van der Waals surface area (Å²) < 4.78 is 12.5. The highest BCUT2D eigenvalue weighted by atomic mass is 79.9. The standard InChI is InChI=1S/C30H33BrClN3O4/c1-20-14-22(15-21(2)28(20)39-19-24-6-4-5-7-26(24)32)18-34(3)30(37)29(36)33-17-23-8-9-25(31)16-27(23)35-10-12-38-13-11-35/h4-9,14-16H,10-13,17-19H2,1-3H3,(H,33,36). The minimum atomic E-state index is -0.638. The zero-order chi connectivity index (χ0) is 27.9. The van der Waals surface area contributed by atoms with E-state index in [1.165, 1.54) is 4.90 Å². The Labute approximate surface area is 243 Å². The van der Waals surface area contributed by atoms with E-state index < -0.39 is 11.8 Å². The van der Waals surface area contributed by atoms with Gasteiger partial charge in [-0.1, -0.05) is 63.9 Å². The van der Waals surface area contributed by atoms with Crippen LogP contribution in [0.25, 0.3) is 0 Å². The number of morpholine rings is 1. The third kappa shape index (κ3) is 7.53. The molecule has 0 aromatic heterocycles. The van der Waals surface area contributed by atoms with Gasteiger partial charge in [-0.05, 0) is 54.3 Å². The zero-order valence-corrected chi connectivity index (χ0v) is 24.8. The first-order valence-corrected chi connectivity index (χ1v) is 14.0. The van der Waals surface area contributed by atoms with Crippen LogP contribution in [-0.4, -0.2) is 50.1 Å². The van der Waals surface area contributed by atoms with E-state index in [1.807, 2.05) is 68.4 Å². The number of amides is 2. The Balaban J connectivity index is 1.35. The van der Waals surface area contributed by atoms with Crippen LogP contribution in [0.5, 0.6) is 5.75 Å². The Morgan fingerprint density at radius 2 is 1.74 bits per heavy atom. The van der Waals surface area contributed by atoms with Crippen molar-refractivity contribution in [2.75, 3.05) is 38.3 Å². The average Bonchev–Trinajstić information content (AvgIpc) is 2.92. The van der Waals surface area contributed by atoms with Crippen molar-refractivity contribution in [3.05, 3.63) is 91.9 Å². The summed E-state index contributed by atoms with van der Waals surface area (Å²) in [7, 11) is 1.63. The summed E-state index contributed by atoms with van der Waals surface area (Å²) in [5.41, 5.74) is 5.71. The Kier molecular flexibility index (Phi) is 9.88. The van der Waals surface area contributed by atoms with Crippen LogP contribution in [0.2, 0.25) is 5.02 Å². The molecule has 1 aliphatic heterocycles. The molecule has 3 aromatic carbocycles. The number of anilines is 1. The van der Waals surface area contributed by atoms with Crippen LogP contribution in [0.4, 0.5) is 5.69 Å². The molecule has 206 valence electrons. The summed E-state index contributed by atoms with van der Waals surface area (Å²) in [6.45, 7) is 7.75.